The summed E-state index contributed by atoms with van der Waals surface area (Å²) in [5.41, 5.74) is 6.90. The van der Waals surface area contributed by atoms with Crippen LogP contribution < -0.4 is 11.1 Å². The molecule has 1 rings (SSSR count). The fourth-order valence-electron chi connectivity index (χ4n) is 1.88. The van der Waals surface area contributed by atoms with Crippen LogP contribution >= 0.6 is 0 Å². The van der Waals surface area contributed by atoms with Gasteiger partial charge < -0.3 is 16.2 Å². The number of rotatable bonds is 8. The molecule has 0 aliphatic carbocycles. The van der Waals surface area contributed by atoms with Crippen LogP contribution in [-0.2, 0) is 11.2 Å². The predicted molar refractivity (Wildman–Crippen MR) is 77.6 cm³/mol. The van der Waals surface area contributed by atoms with E-state index < -0.39 is 12.0 Å². The first-order valence-electron chi connectivity index (χ1n) is 6.90. The Kier molecular flexibility index (Phi) is 6.73. The number of carboxylic acid groups (broad SMARTS) is 1. The second kappa shape index (κ2) is 8.32. The third-order valence-corrected chi connectivity index (χ3v) is 3.09. The van der Waals surface area contributed by atoms with Crippen LogP contribution in [0.4, 0.5) is 0 Å². The highest BCUT2D eigenvalue weighted by Crippen LogP contribution is 2.06. The fourth-order valence-corrected chi connectivity index (χ4v) is 1.88. The minimum Gasteiger partial charge on any atom is -0.478 e. The molecular weight excluding hydrogens is 256 g/mol. The molecule has 20 heavy (non-hydrogen) atoms. The van der Waals surface area contributed by atoms with E-state index in [-0.39, 0.29) is 11.5 Å². The summed E-state index contributed by atoms with van der Waals surface area (Å²) >= 11 is 0. The first-order valence-corrected chi connectivity index (χ1v) is 6.90. The Hall–Kier alpha value is -1.88. The summed E-state index contributed by atoms with van der Waals surface area (Å²) in [6.07, 6.45) is 3.24. The highest BCUT2D eigenvalue weighted by molar-refractivity contribution is 5.87. The molecule has 0 heterocycles. The van der Waals surface area contributed by atoms with E-state index in [0.29, 0.717) is 19.4 Å². The van der Waals surface area contributed by atoms with Gasteiger partial charge in [-0.05, 0) is 30.5 Å². The van der Waals surface area contributed by atoms with E-state index >= 15 is 0 Å². The van der Waals surface area contributed by atoms with Crippen molar-refractivity contribution in [2.75, 3.05) is 6.54 Å². The SMILES string of the molecule is CCCC[C@H](N)C(=O)NCCc1cccc(C(=O)O)c1. The van der Waals surface area contributed by atoms with Gasteiger partial charge in [-0.3, -0.25) is 4.79 Å². The number of carbonyl (C=O) groups excluding carboxylic acids is 1. The quantitative estimate of drug-likeness (QED) is 0.673. The topological polar surface area (TPSA) is 92.4 Å². The van der Waals surface area contributed by atoms with Crippen LogP contribution in [0.2, 0.25) is 0 Å². The number of aromatic carboxylic acids is 1. The number of benzene rings is 1. The maximum atomic E-state index is 11.7. The number of hydrogen-bond acceptors (Lipinski definition) is 3. The number of nitrogens with one attached hydrogen (secondary N) is 1. The van der Waals surface area contributed by atoms with Crippen LogP contribution in [0.5, 0.6) is 0 Å². The highest BCUT2D eigenvalue weighted by atomic mass is 16.4. The maximum Gasteiger partial charge on any atom is 0.335 e. The second-order valence-corrected chi connectivity index (χ2v) is 4.80. The Morgan fingerprint density at radius 2 is 2.15 bits per heavy atom. The minimum absolute atomic E-state index is 0.146. The van der Waals surface area contributed by atoms with Gasteiger partial charge in [-0.2, -0.15) is 0 Å². The Morgan fingerprint density at radius 3 is 2.80 bits per heavy atom. The van der Waals surface area contributed by atoms with Crippen molar-refractivity contribution in [2.24, 2.45) is 5.73 Å². The largest absolute Gasteiger partial charge is 0.478 e. The monoisotopic (exact) mass is 278 g/mol. The molecule has 0 aliphatic heterocycles. The van der Waals surface area contributed by atoms with Crippen LogP contribution in [0, 0.1) is 0 Å². The molecule has 4 N–H and O–H groups in total. The fraction of sp³-hybridized carbons (Fsp3) is 0.467. The number of hydrogen-bond donors (Lipinski definition) is 3. The zero-order valence-electron chi connectivity index (χ0n) is 11.8. The van der Waals surface area contributed by atoms with Crippen molar-refractivity contribution in [3.05, 3.63) is 35.4 Å². The molecule has 0 aliphatic rings. The predicted octanol–water partition coefficient (Wildman–Crippen LogP) is 1.56. The van der Waals surface area contributed by atoms with E-state index in [1.165, 1.54) is 0 Å². The number of carboxylic acids is 1. The minimum atomic E-state index is -0.947. The van der Waals surface area contributed by atoms with Gasteiger partial charge in [0.25, 0.3) is 0 Å². The van der Waals surface area contributed by atoms with Gasteiger partial charge in [0, 0.05) is 6.54 Å². The number of nitrogens with two attached hydrogens (primary N) is 1. The van der Waals surface area contributed by atoms with E-state index in [1.54, 1.807) is 18.2 Å². The Morgan fingerprint density at radius 1 is 1.40 bits per heavy atom. The molecule has 0 radical (unpaired) electrons. The molecule has 0 bridgehead atoms. The molecule has 0 fully saturated rings. The van der Waals surface area contributed by atoms with E-state index in [2.05, 4.69) is 12.2 Å². The molecule has 0 saturated heterocycles. The lowest BCUT2D eigenvalue weighted by molar-refractivity contribution is -0.122. The Balaban J connectivity index is 2.38. The summed E-state index contributed by atoms with van der Waals surface area (Å²) in [6.45, 7) is 2.52. The average molecular weight is 278 g/mol. The molecule has 0 aromatic heterocycles. The molecule has 1 aromatic carbocycles. The van der Waals surface area contributed by atoms with Crippen LogP contribution in [0.15, 0.2) is 24.3 Å². The summed E-state index contributed by atoms with van der Waals surface area (Å²) in [4.78, 5) is 22.5. The summed E-state index contributed by atoms with van der Waals surface area (Å²) in [7, 11) is 0. The van der Waals surface area contributed by atoms with Crippen molar-refractivity contribution in [1.29, 1.82) is 0 Å². The molecular formula is C15H22N2O3. The first-order chi connectivity index (χ1) is 9.54. The van der Waals surface area contributed by atoms with E-state index in [4.69, 9.17) is 10.8 Å². The van der Waals surface area contributed by atoms with Crippen molar-refractivity contribution in [3.8, 4) is 0 Å². The van der Waals surface area contributed by atoms with E-state index in [1.807, 2.05) is 6.07 Å². The Labute approximate surface area is 119 Å². The van der Waals surface area contributed by atoms with Gasteiger partial charge in [0.2, 0.25) is 5.91 Å². The molecule has 5 heteroatoms. The van der Waals surface area contributed by atoms with Crippen molar-refractivity contribution in [2.45, 2.75) is 38.6 Å². The van der Waals surface area contributed by atoms with Gasteiger partial charge in [0.15, 0.2) is 0 Å². The van der Waals surface area contributed by atoms with Crippen LogP contribution in [-0.4, -0.2) is 29.6 Å². The molecule has 1 atom stereocenters. The molecule has 1 aromatic rings. The zero-order chi connectivity index (χ0) is 15.0. The molecule has 0 saturated carbocycles. The van der Waals surface area contributed by atoms with Crippen LogP contribution in [0.3, 0.4) is 0 Å². The van der Waals surface area contributed by atoms with Crippen molar-refractivity contribution in [3.63, 3.8) is 0 Å². The number of amides is 1. The lowest BCUT2D eigenvalue weighted by Gasteiger charge is -2.11. The van der Waals surface area contributed by atoms with Gasteiger partial charge in [0.05, 0.1) is 11.6 Å². The third kappa shape index (κ3) is 5.40. The second-order valence-electron chi connectivity index (χ2n) is 4.80. The number of unbranched alkanes of at least 4 members (excludes halogenated alkanes) is 1. The first kappa shape index (κ1) is 16.2. The van der Waals surface area contributed by atoms with Crippen molar-refractivity contribution < 1.29 is 14.7 Å². The summed E-state index contributed by atoms with van der Waals surface area (Å²) in [5.74, 6) is -1.09. The summed E-state index contributed by atoms with van der Waals surface area (Å²) < 4.78 is 0. The maximum absolute atomic E-state index is 11.7. The number of carbonyl (C=O) groups is 2. The third-order valence-electron chi connectivity index (χ3n) is 3.09. The summed E-state index contributed by atoms with van der Waals surface area (Å²) in [6, 6.07) is 6.25. The molecule has 0 unspecified atom stereocenters. The zero-order valence-corrected chi connectivity index (χ0v) is 11.8. The van der Waals surface area contributed by atoms with Gasteiger partial charge in [-0.1, -0.05) is 31.9 Å². The average Bonchev–Trinajstić information content (AvgIpc) is 2.44. The molecule has 110 valence electrons. The van der Waals surface area contributed by atoms with Crippen molar-refractivity contribution in [1.82, 2.24) is 5.32 Å². The smallest absolute Gasteiger partial charge is 0.335 e. The summed E-state index contributed by atoms with van der Waals surface area (Å²) in [5, 5.41) is 11.7. The molecule has 5 nitrogen and oxygen atoms in total. The molecule has 0 spiro atoms. The van der Waals surface area contributed by atoms with E-state index in [0.717, 1.165) is 18.4 Å². The normalized spacial score (nSPS) is 11.9. The standard InChI is InChI=1S/C15H22N2O3/c1-2-3-7-13(16)14(18)17-9-8-11-5-4-6-12(10-11)15(19)20/h4-6,10,13H,2-3,7-9,16H2,1H3,(H,17,18)(H,19,20)/t13-/m0/s1. The lowest BCUT2D eigenvalue weighted by atomic mass is 10.1. The van der Waals surface area contributed by atoms with Gasteiger partial charge >= 0.3 is 5.97 Å². The van der Waals surface area contributed by atoms with Gasteiger partial charge in [-0.15, -0.1) is 0 Å². The molecule has 1 amide bonds. The highest BCUT2D eigenvalue weighted by Gasteiger charge is 2.11. The van der Waals surface area contributed by atoms with E-state index in [9.17, 15) is 9.59 Å². The van der Waals surface area contributed by atoms with Gasteiger partial charge in [0.1, 0.15) is 0 Å². The van der Waals surface area contributed by atoms with Crippen molar-refractivity contribution >= 4 is 11.9 Å². The van der Waals surface area contributed by atoms with Crippen LogP contribution in [0.25, 0.3) is 0 Å². The Bertz CT molecular complexity index is 460. The van der Waals surface area contributed by atoms with Crippen LogP contribution in [0.1, 0.15) is 42.1 Å². The van der Waals surface area contributed by atoms with Gasteiger partial charge in [-0.25, -0.2) is 4.79 Å². The lowest BCUT2D eigenvalue weighted by Crippen LogP contribution is -2.41.